The van der Waals surface area contributed by atoms with Gasteiger partial charge in [-0.15, -0.1) is 0 Å². The van der Waals surface area contributed by atoms with Crippen molar-refractivity contribution >= 4 is 0 Å². The molecule has 0 radical (unpaired) electrons. The van der Waals surface area contributed by atoms with Crippen molar-refractivity contribution in [1.82, 2.24) is 0 Å². The van der Waals surface area contributed by atoms with Crippen LogP contribution in [0.5, 0.6) is 0 Å². The van der Waals surface area contributed by atoms with Crippen molar-refractivity contribution < 1.29 is 14.2 Å². The summed E-state index contributed by atoms with van der Waals surface area (Å²) >= 11 is 0. The van der Waals surface area contributed by atoms with E-state index in [4.69, 9.17) is 14.2 Å². The Bertz CT molecular complexity index is 220. The quantitative estimate of drug-likeness (QED) is 0.543. The number of fused-ring (bicyclic) bond motifs is 2. The molecule has 3 nitrogen and oxygen atoms in total. The monoisotopic (exact) mass is 168 g/mol. The van der Waals surface area contributed by atoms with Crippen LogP contribution in [0.4, 0.5) is 0 Å². The molecular formula is C9H12O3. The average Bonchev–Trinajstić information content (AvgIpc) is 2.82. The Kier molecular flexibility index (Phi) is 1.36. The third kappa shape index (κ3) is 0.815. The van der Waals surface area contributed by atoms with Gasteiger partial charge in [0.2, 0.25) is 0 Å². The van der Waals surface area contributed by atoms with Gasteiger partial charge in [0, 0.05) is 0 Å². The minimum absolute atomic E-state index is 0.152. The second-order valence-electron chi connectivity index (χ2n) is 3.58. The van der Waals surface area contributed by atoms with E-state index in [2.05, 4.69) is 12.2 Å². The minimum atomic E-state index is -0.235. The smallest absolute Gasteiger partial charge is 0.190 e. The molecule has 3 rings (SSSR count). The number of hydrogen-bond acceptors (Lipinski definition) is 3. The summed E-state index contributed by atoms with van der Waals surface area (Å²) in [4.78, 5) is 0. The van der Waals surface area contributed by atoms with E-state index in [1.54, 1.807) is 0 Å². The van der Waals surface area contributed by atoms with Gasteiger partial charge < -0.3 is 14.2 Å². The standard InChI is InChI=1S/C9H12O3/c1-3-9(4-2-7(1)12-9)8-10-5-6-11-8/h1,3,7-8H,2,4-6H2. The van der Waals surface area contributed by atoms with Crippen LogP contribution in [0.25, 0.3) is 0 Å². The van der Waals surface area contributed by atoms with Gasteiger partial charge >= 0.3 is 0 Å². The fraction of sp³-hybridized carbons (Fsp3) is 0.778. The Labute approximate surface area is 71.3 Å². The molecule has 3 heterocycles. The van der Waals surface area contributed by atoms with Gasteiger partial charge in [-0.25, -0.2) is 0 Å². The van der Waals surface area contributed by atoms with Crippen LogP contribution >= 0.6 is 0 Å². The molecule has 3 aliphatic heterocycles. The van der Waals surface area contributed by atoms with Crippen LogP contribution in [0.3, 0.4) is 0 Å². The topological polar surface area (TPSA) is 27.7 Å². The normalized spacial score (nSPS) is 46.2. The Morgan fingerprint density at radius 1 is 1.25 bits per heavy atom. The molecule has 2 saturated heterocycles. The molecule has 0 aromatic heterocycles. The van der Waals surface area contributed by atoms with Crippen LogP contribution in [0.1, 0.15) is 12.8 Å². The van der Waals surface area contributed by atoms with Crippen LogP contribution in [-0.2, 0) is 14.2 Å². The van der Waals surface area contributed by atoms with Gasteiger partial charge in [0.05, 0.1) is 19.3 Å². The first-order chi connectivity index (χ1) is 5.89. The van der Waals surface area contributed by atoms with Crippen molar-refractivity contribution in [3.05, 3.63) is 12.2 Å². The lowest BCUT2D eigenvalue weighted by Crippen LogP contribution is -2.39. The van der Waals surface area contributed by atoms with Crippen LogP contribution in [-0.4, -0.2) is 31.2 Å². The summed E-state index contributed by atoms with van der Waals surface area (Å²) in [5.41, 5.74) is -0.235. The maximum absolute atomic E-state index is 5.78. The Morgan fingerprint density at radius 3 is 2.58 bits per heavy atom. The first kappa shape index (κ1) is 7.06. The third-order valence-electron chi connectivity index (χ3n) is 2.80. The summed E-state index contributed by atoms with van der Waals surface area (Å²) in [6.45, 7) is 1.41. The highest BCUT2D eigenvalue weighted by atomic mass is 16.7. The van der Waals surface area contributed by atoms with E-state index in [9.17, 15) is 0 Å². The summed E-state index contributed by atoms with van der Waals surface area (Å²) in [6.07, 6.45) is 6.54. The zero-order valence-corrected chi connectivity index (χ0v) is 6.86. The summed E-state index contributed by atoms with van der Waals surface area (Å²) < 4.78 is 16.7. The molecule has 66 valence electrons. The molecule has 0 saturated carbocycles. The van der Waals surface area contributed by atoms with Crippen molar-refractivity contribution in [2.45, 2.75) is 30.8 Å². The van der Waals surface area contributed by atoms with E-state index in [1.165, 1.54) is 0 Å². The highest BCUT2D eigenvalue weighted by molar-refractivity contribution is 5.18. The lowest BCUT2D eigenvalue weighted by Gasteiger charge is -2.27. The Morgan fingerprint density at radius 2 is 2.08 bits per heavy atom. The van der Waals surface area contributed by atoms with Crippen molar-refractivity contribution in [3.63, 3.8) is 0 Å². The fourth-order valence-corrected chi connectivity index (χ4v) is 2.19. The molecule has 0 spiro atoms. The van der Waals surface area contributed by atoms with Crippen molar-refractivity contribution in [1.29, 1.82) is 0 Å². The highest BCUT2D eigenvalue weighted by Crippen LogP contribution is 2.42. The maximum atomic E-state index is 5.78. The van der Waals surface area contributed by atoms with Gasteiger partial charge in [0.1, 0.15) is 5.60 Å². The average molecular weight is 168 g/mol. The van der Waals surface area contributed by atoms with Crippen LogP contribution in [0.2, 0.25) is 0 Å². The van der Waals surface area contributed by atoms with Gasteiger partial charge in [-0.3, -0.25) is 0 Å². The minimum Gasteiger partial charge on any atom is -0.358 e. The van der Waals surface area contributed by atoms with Crippen molar-refractivity contribution in [2.24, 2.45) is 0 Å². The lowest BCUT2D eigenvalue weighted by molar-refractivity contribution is -0.164. The number of rotatable bonds is 1. The Balaban J connectivity index is 1.85. The first-order valence-electron chi connectivity index (χ1n) is 4.49. The van der Waals surface area contributed by atoms with E-state index >= 15 is 0 Å². The predicted molar refractivity (Wildman–Crippen MR) is 41.7 cm³/mol. The molecule has 0 aliphatic carbocycles. The van der Waals surface area contributed by atoms with E-state index in [0.717, 1.165) is 12.8 Å². The molecule has 0 aromatic carbocycles. The molecule has 12 heavy (non-hydrogen) atoms. The molecule has 3 heteroatoms. The van der Waals surface area contributed by atoms with Crippen LogP contribution in [0, 0.1) is 0 Å². The van der Waals surface area contributed by atoms with E-state index in [-0.39, 0.29) is 11.9 Å². The molecule has 2 atom stereocenters. The van der Waals surface area contributed by atoms with Gasteiger partial charge in [-0.1, -0.05) is 6.08 Å². The van der Waals surface area contributed by atoms with Gasteiger partial charge in [-0.05, 0) is 18.9 Å². The molecule has 2 unspecified atom stereocenters. The predicted octanol–water partition coefficient (Wildman–Crippen LogP) is 0.847. The summed E-state index contributed by atoms with van der Waals surface area (Å²) in [7, 11) is 0. The zero-order valence-electron chi connectivity index (χ0n) is 6.86. The molecule has 2 bridgehead atoms. The van der Waals surface area contributed by atoms with Crippen LogP contribution in [0.15, 0.2) is 12.2 Å². The van der Waals surface area contributed by atoms with E-state index < -0.39 is 0 Å². The number of ether oxygens (including phenoxy) is 3. The summed E-state index contributed by atoms with van der Waals surface area (Å²) in [6, 6.07) is 0. The summed E-state index contributed by atoms with van der Waals surface area (Å²) in [5.74, 6) is 0. The number of hydrogen-bond donors (Lipinski definition) is 0. The second kappa shape index (κ2) is 2.31. The van der Waals surface area contributed by atoms with Crippen molar-refractivity contribution in [2.75, 3.05) is 13.2 Å². The van der Waals surface area contributed by atoms with Crippen LogP contribution < -0.4 is 0 Å². The van der Waals surface area contributed by atoms with E-state index in [0.29, 0.717) is 19.3 Å². The maximum Gasteiger partial charge on any atom is 0.190 e. The lowest BCUT2D eigenvalue weighted by atomic mass is 9.94. The molecule has 0 N–H and O–H groups in total. The fourth-order valence-electron chi connectivity index (χ4n) is 2.19. The summed E-state index contributed by atoms with van der Waals surface area (Å²) in [5, 5.41) is 0. The van der Waals surface area contributed by atoms with Gasteiger partial charge in [-0.2, -0.15) is 0 Å². The molecule has 0 amide bonds. The largest absolute Gasteiger partial charge is 0.358 e. The molecule has 3 aliphatic rings. The third-order valence-corrected chi connectivity index (χ3v) is 2.80. The highest BCUT2D eigenvalue weighted by Gasteiger charge is 2.50. The second-order valence-corrected chi connectivity index (χ2v) is 3.58. The van der Waals surface area contributed by atoms with E-state index in [1.807, 2.05) is 0 Å². The molecule has 0 aromatic rings. The van der Waals surface area contributed by atoms with Gasteiger partial charge in [0.25, 0.3) is 0 Å². The SMILES string of the molecule is C1=CC2(C3OCCO3)CCC1O2. The first-order valence-corrected chi connectivity index (χ1v) is 4.49. The zero-order chi connectivity index (χ0) is 8.02. The van der Waals surface area contributed by atoms with Gasteiger partial charge in [0.15, 0.2) is 6.29 Å². The molecular weight excluding hydrogens is 156 g/mol. The van der Waals surface area contributed by atoms with Crippen molar-refractivity contribution in [3.8, 4) is 0 Å². The molecule has 2 fully saturated rings. The Hall–Kier alpha value is -0.380.